The zero-order valence-corrected chi connectivity index (χ0v) is 17.2. The molecule has 0 bridgehead atoms. The molecule has 3 aromatic carbocycles. The van der Waals surface area contributed by atoms with Gasteiger partial charge in [0.2, 0.25) is 0 Å². The van der Waals surface area contributed by atoms with Crippen LogP contribution in [0, 0.1) is 5.92 Å². The minimum absolute atomic E-state index is 0.104. The molecule has 0 spiro atoms. The van der Waals surface area contributed by atoms with E-state index in [-0.39, 0.29) is 11.7 Å². The van der Waals surface area contributed by atoms with Crippen LogP contribution in [0.1, 0.15) is 31.4 Å². The van der Waals surface area contributed by atoms with Gasteiger partial charge < -0.3 is 14.9 Å². The number of carboxylic acids is 1. The maximum atomic E-state index is 12.6. The number of carbonyl (C=O) groups is 2. The van der Waals surface area contributed by atoms with Gasteiger partial charge in [0.1, 0.15) is 11.9 Å². The first-order chi connectivity index (χ1) is 15.0. The van der Waals surface area contributed by atoms with Crippen LogP contribution in [0.3, 0.4) is 0 Å². The number of aliphatic carboxylic acids is 1. The maximum Gasteiger partial charge on any atom is 0.412 e. The third-order valence-corrected chi connectivity index (χ3v) is 5.06. The van der Waals surface area contributed by atoms with Crippen molar-refractivity contribution in [3.05, 3.63) is 84.4 Å². The molecule has 0 aliphatic heterocycles. The van der Waals surface area contributed by atoms with Crippen molar-refractivity contribution in [2.24, 2.45) is 5.92 Å². The Labute approximate surface area is 180 Å². The molecule has 31 heavy (non-hydrogen) atoms. The lowest BCUT2D eigenvalue weighted by Gasteiger charge is -2.26. The molecule has 0 aromatic heterocycles. The Morgan fingerprint density at radius 2 is 1.68 bits per heavy atom. The molecular weight excluding hydrogens is 394 g/mol. The Kier molecular flexibility index (Phi) is 7.27. The van der Waals surface area contributed by atoms with Crippen molar-refractivity contribution in [1.29, 1.82) is 0 Å². The van der Waals surface area contributed by atoms with E-state index in [4.69, 9.17) is 9.84 Å². The lowest BCUT2D eigenvalue weighted by Crippen LogP contribution is -2.22. The van der Waals surface area contributed by atoms with Crippen molar-refractivity contribution in [1.82, 2.24) is 0 Å². The first kappa shape index (κ1) is 21.9. The largest absolute Gasteiger partial charge is 0.507 e. The number of allylic oxidation sites excluding steroid dienone is 1. The second-order valence-electron chi connectivity index (χ2n) is 7.33. The third kappa shape index (κ3) is 5.85. The zero-order chi connectivity index (χ0) is 22.2. The molecule has 6 heteroatoms. The number of anilines is 1. The number of amides is 1. The molecule has 0 heterocycles. The number of carbonyl (C=O) groups excluding carboxylic acids is 1. The first-order valence-electron chi connectivity index (χ1n) is 10.1. The molecule has 1 amide bonds. The fourth-order valence-electron chi connectivity index (χ4n) is 3.52. The molecule has 3 aromatic rings. The molecule has 2 atom stereocenters. The Bertz CT molecular complexity index is 1080. The standard InChI is InChI=1S/C25H25NO5/c1-17(9-5-8-14-23(28)29)24(31-25(30)26-18-10-3-2-4-11-18)21-15-16-22(27)20-13-7-6-12-19(20)21/h2-4,6-8,10-17,24,27H,5,9H2,1H3,(H,26,30)(H,28,29)/b14-8+/t17-,24+/m0/s1. The van der Waals surface area contributed by atoms with E-state index in [0.717, 1.165) is 17.0 Å². The number of nitrogens with one attached hydrogen (secondary N) is 1. The van der Waals surface area contributed by atoms with Crippen LogP contribution in [0.15, 0.2) is 78.9 Å². The van der Waals surface area contributed by atoms with Gasteiger partial charge in [0.15, 0.2) is 0 Å². The van der Waals surface area contributed by atoms with E-state index in [2.05, 4.69) is 5.32 Å². The summed E-state index contributed by atoms with van der Waals surface area (Å²) in [5.41, 5.74) is 1.41. The monoisotopic (exact) mass is 419 g/mol. The summed E-state index contributed by atoms with van der Waals surface area (Å²) in [6.07, 6.45) is 2.68. The lowest BCUT2D eigenvalue weighted by molar-refractivity contribution is -0.131. The molecule has 0 radical (unpaired) electrons. The SMILES string of the molecule is C[C@@H](CC/C=C/C(=O)O)[C@@H](OC(=O)Nc1ccccc1)c1ccc(O)c2ccccc12. The van der Waals surface area contributed by atoms with E-state index in [9.17, 15) is 14.7 Å². The van der Waals surface area contributed by atoms with Gasteiger partial charge in [-0.3, -0.25) is 5.32 Å². The van der Waals surface area contributed by atoms with Gasteiger partial charge in [0.05, 0.1) is 0 Å². The van der Waals surface area contributed by atoms with Crippen LogP contribution in [0.2, 0.25) is 0 Å². The summed E-state index contributed by atoms with van der Waals surface area (Å²) >= 11 is 0. The number of hydrogen-bond donors (Lipinski definition) is 3. The number of aromatic hydroxyl groups is 1. The molecular formula is C25H25NO5. The second-order valence-corrected chi connectivity index (χ2v) is 7.33. The minimum Gasteiger partial charge on any atom is -0.507 e. The number of phenolic OH excluding ortho intramolecular Hbond substituents is 1. The molecule has 6 nitrogen and oxygen atoms in total. The second kappa shape index (κ2) is 10.3. The summed E-state index contributed by atoms with van der Waals surface area (Å²) in [5.74, 6) is -0.941. The first-order valence-corrected chi connectivity index (χ1v) is 10.1. The number of phenols is 1. The molecule has 0 aliphatic carbocycles. The van der Waals surface area contributed by atoms with Crippen molar-refractivity contribution in [3.63, 3.8) is 0 Å². The number of benzene rings is 3. The molecule has 0 unspecified atom stereocenters. The van der Waals surface area contributed by atoms with Gasteiger partial charge in [-0.25, -0.2) is 9.59 Å². The maximum absolute atomic E-state index is 12.6. The molecule has 0 aliphatic rings. The van der Waals surface area contributed by atoms with E-state index in [1.54, 1.807) is 30.3 Å². The van der Waals surface area contributed by atoms with Crippen LogP contribution in [0.4, 0.5) is 10.5 Å². The predicted molar refractivity (Wildman–Crippen MR) is 120 cm³/mol. The van der Waals surface area contributed by atoms with Crippen molar-refractivity contribution in [2.75, 3.05) is 5.32 Å². The van der Waals surface area contributed by atoms with Crippen molar-refractivity contribution >= 4 is 28.5 Å². The normalized spacial score (nSPS) is 13.1. The summed E-state index contributed by atoms with van der Waals surface area (Å²) in [5, 5.41) is 23.2. The number of hydrogen-bond acceptors (Lipinski definition) is 4. The van der Waals surface area contributed by atoms with Crippen molar-refractivity contribution in [2.45, 2.75) is 25.9 Å². The van der Waals surface area contributed by atoms with E-state index in [1.165, 1.54) is 0 Å². The smallest absolute Gasteiger partial charge is 0.412 e. The van der Waals surface area contributed by atoms with Crippen LogP contribution in [0.5, 0.6) is 5.75 Å². The highest BCUT2D eigenvalue weighted by atomic mass is 16.6. The van der Waals surface area contributed by atoms with Gasteiger partial charge in [-0.1, -0.05) is 61.5 Å². The van der Waals surface area contributed by atoms with Gasteiger partial charge in [-0.05, 0) is 42.3 Å². The van der Waals surface area contributed by atoms with E-state index < -0.39 is 18.2 Å². The summed E-state index contributed by atoms with van der Waals surface area (Å²) < 4.78 is 5.86. The van der Waals surface area contributed by atoms with Gasteiger partial charge in [0.25, 0.3) is 0 Å². The van der Waals surface area contributed by atoms with Gasteiger partial charge in [-0.15, -0.1) is 0 Å². The van der Waals surface area contributed by atoms with E-state index >= 15 is 0 Å². The topological polar surface area (TPSA) is 95.9 Å². The van der Waals surface area contributed by atoms with Crippen LogP contribution in [0.25, 0.3) is 10.8 Å². The van der Waals surface area contributed by atoms with Crippen molar-refractivity contribution in [3.8, 4) is 5.75 Å². The number of para-hydroxylation sites is 1. The van der Waals surface area contributed by atoms with Gasteiger partial charge >= 0.3 is 12.1 Å². The fourth-order valence-corrected chi connectivity index (χ4v) is 3.52. The highest BCUT2D eigenvalue weighted by molar-refractivity contribution is 5.91. The molecule has 0 fully saturated rings. The van der Waals surface area contributed by atoms with Gasteiger partial charge in [-0.2, -0.15) is 0 Å². The highest BCUT2D eigenvalue weighted by Crippen LogP contribution is 2.37. The van der Waals surface area contributed by atoms with E-state index in [0.29, 0.717) is 23.9 Å². The van der Waals surface area contributed by atoms with Crippen molar-refractivity contribution < 1.29 is 24.5 Å². The third-order valence-electron chi connectivity index (χ3n) is 5.06. The van der Waals surface area contributed by atoms with Crippen LogP contribution in [-0.4, -0.2) is 22.3 Å². The van der Waals surface area contributed by atoms with Crippen LogP contribution < -0.4 is 5.32 Å². The molecule has 3 N–H and O–H groups in total. The lowest BCUT2D eigenvalue weighted by atomic mass is 9.89. The fraction of sp³-hybridized carbons (Fsp3) is 0.200. The van der Waals surface area contributed by atoms with Crippen LogP contribution >= 0.6 is 0 Å². The Morgan fingerprint density at radius 3 is 2.39 bits per heavy atom. The van der Waals surface area contributed by atoms with E-state index in [1.807, 2.05) is 49.4 Å². The van der Waals surface area contributed by atoms with Gasteiger partial charge in [0, 0.05) is 22.7 Å². The zero-order valence-electron chi connectivity index (χ0n) is 17.2. The Hall–Kier alpha value is -3.80. The average Bonchev–Trinajstić information content (AvgIpc) is 2.76. The molecule has 160 valence electrons. The molecule has 0 saturated heterocycles. The summed E-state index contributed by atoms with van der Waals surface area (Å²) in [4.78, 5) is 23.4. The summed E-state index contributed by atoms with van der Waals surface area (Å²) in [6, 6.07) is 19.8. The predicted octanol–water partition coefficient (Wildman–Crippen LogP) is 5.89. The minimum atomic E-state index is -0.993. The number of rotatable bonds is 8. The molecule has 3 rings (SSSR count). The Morgan fingerprint density at radius 1 is 1.00 bits per heavy atom. The average molecular weight is 419 g/mol. The number of ether oxygens (including phenoxy) is 1. The summed E-state index contributed by atoms with van der Waals surface area (Å²) in [7, 11) is 0. The Balaban J connectivity index is 1.88. The van der Waals surface area contributed by atoms with Crippen LogP contribution in [-0.2, 0) is 9.53 Å². The quantitative estimate of drug-likeness (QED) is 0.396. The number of fused-ring (bicyclic) bond motifs is 1. The highest BCUT2D eigenvalue weighted by Gasteiger charge is 2.25. The molecule has 0 saturated carbocycles. The number of carboxylic acid groups (broad SMARTS) is 1. The summed E-state index contributed by atoms with van der Waals surface area (Å²) in [6.45, 7) is 1.96.